The normalized spacial score (nSPS) is 12.4. The maximum absolute atomic E-state index is 12.8. The second-order valence-corrected chi connectivity index (χ2v) is 18.1. The predicted molar refractivity (Wildman–Crippen MR) is 270 cm³/mol. The average Bonchev–Trinajstić information content (AvgIpc) is 3.28. The molecule has 0 bridgehead atoms. The summed E-state index contributed by atoms with van der Waals surface area (Å²) in [5.41, 5.74) is 0. The van der Waals surface area contributed by atoms with Gasteiger partial charge in [0.2, 0.25) is 0 Å². The minimum absolute atomic E-state index is 0.0823. The van der Waals surface area contributed by atoms with Gasteiger partial charge in [-0.15, -0.1) is 0 Å². The van der Waals surface area contributed by atoms with Gasteiger partial charge in [-0.2, -0.15) is 0 Å². The molecule has 0 aliphatic carbocycles. The van der Waals surface area contributed by atoms with Crippen molar-refractivity contribution < 1.29 is 28.6 Å². The number of hydrogen-bond acceptors (Lipinski definition) is 6. The fourth-order valence-electron chi connectivity index (χ4n) is 7.62. The van der Waals surface area contributed by atoms with Crippen LogP contribution in [0.15, 0.2) is 48.6 Å². The van der Waals surface area contributed by atoms with Crippen LogP contribution < -0.4 is 0 Å². The van der Waals surface area contributed by atoms with Crippen molar-refractivity contribution >= 4 is 17.9 Å². The van der Waals surface area contributed by atoms with Crippen molar-refractivity contribution in [1.29, 1.82) is 0 Å². The summed E-state index contributed by atoms with van der Waals surface area (Å²) < 4.78 is 16.8. The standard InChI is InChI=1S/C57H102O6/c1-4-7-10-13-16-19-22-24-26-28-29-31-32-35-38-41-44-47-50-56(59)62-53-54(52-61-55(58)49-46-43-40-37-34-21-18-15-12-9-6-3)63-57(60)51-48-45-42-39-36-33-30-27-25-23-20-17-14-11-8-5-2/h15,18-19,22,26-28,30,54H,4-14,16-17,20-21,23-25,29,31-53H2,1-3H3/b18-15-,22-19-,28-26-,30-27-. The van der Waals surface area contributed by atoms with Crippen LogP contribution in [0.4, 0.5) is 0 Å². The van der Waals surface area contributed by atoms with Crippen LogP contribution in [0.1, 0.15) is 278 Å². The van der Waals surface area contributed by atoms with Crippen LogP contribution in [0.25, 0.3) is 0 Å². The van der Waals surface area contributed by atoms with E-state index in [1.165, 1.54) is 148 Å². The summed E-state index contributed by atoms with van der Waals surface area (Å²) in [6.45, 7) is 6.58. The molecule has 0 rings (SSSR count). The number of carbonyl (C=O) groups is 3. The van der Waals surface area contributed by atoms with Crippen molar-refractivity contribution in [1.82, 2.24) is 0 Å². The van der Waals surface area contributed by atoms with Gasteiger partial charge in [0.25, 0.3) is 0 Å². The van der Waals surface area contributed by atoms with Gasteiger partial charge in [0.1, 0.15) is 13.2 Å². The topological polar surface area (TPSA) is 78.9 Å². The van der Waals surface area contributed by atoms with E-state index in [9.17, 15) is 14.4 Å². The Bertz CT molecular complexity index is 1110. The molecule has 0 amide bonds. The Balaban J connectivity index is 4.36. The third kappa shape index (κ3) is 50.2. The molecule has 0 aromatic rings. The van der Waals surface area contributed by atoms with Crippen molar-refractivity contribution in [2.75, 3.05) is 13.2 Å². The zero-order valence-corrected chi connectivity index (χ0v) is 41.8. The lowest BCUT2D eigenvalue weighted by atomic mass is 10.1. The molecule has 1 atom stereocenters. The van der Waals surface area contributed by atoms with Gasteiger partial charge in [-0.1, -0.05) is 211 Å². The van der Waals surface area contributed by atoms with E-state index in [0.29, 0.717) is 19.3 Å². The van der Waals surface area contributed by atoms with Crippen LogP contribution in [0.2, 0.25) is 0 Å². The number of ether oxygens (including phenoxy) is 3. The third-order valence-corrected chi connectivity index (χ3v) is 11.8. The van der Waals surface area contributed by atoms with Crippen LogP contribution in [0.5, 0.6) is 0 Å². The molecule has 0 saturated carbocycles. The van der Waals surface area contributed by atoms with E-state index in [0.717, 1.165) is 89.9 Å². The van der Waals surface area contributed by atoms with Crippen molar-refractivity contribution in [2.45, 2.75) is 284 Å². The van der Waals surface area contributed by atoms with Crippen LogP contribution in [-0.4, -0.2) is 37.2 Å². The number of unbranched alkanes of at least 4 members (excludes halogenated alkanes) is 30. The highest BCUT2D eigenvalue weighted by Crippen LogP contribution is 2.15. The van der Waals surface area contributed by atoms with Crippen LogP contribution in [0, 0.1) is 0 Å². The lowest BCUT2D eigenvalue weighted by Crippen LogP contribution is -2.30. The molecule has 0 heterocycles. The van der Waals surface area contributed by atoms with E-state index in [-0.39, 0.29) is 31.1 Å². The van der Waals surface area contributed by atoms with Gasteiger partial charge < -0.3 is 14.2 Å². The van der Waals surface area contributed by atoms with Gasteiger partial charge in [0, 0.05) is 19.3 Å². The highest BCUT2D eigenvalue weighted by molar-refractivity contribution is 5.71. The van der Waals surface area contributed by atoms with Gasteiger partial charge in [-0.05, 0) is 96.3 Å². The summed E-state index contributed by atoms with van der Waals surface area (Å²) in [5.74, 6) is -0.900. The Morgan fingerprint density at radius 3 is 0.952 bits per heavy atom. The van der Waals surface area contributed by atoms with Gasteiger partial charge >= 0.3 is 17.9 Å². The molecular formula is C57H102O6. The summed E-state index contributed by atoms with van der Waals surface area (Å²) in [5, 5.41) is 0. The van der Waals surface area contributed by atoms with Crippen LogP contribution in [-0.2, 0) is 28.6 Å². The molecule has 0 saturated heterocycles. The smallest absolute Gasteiger partial charge is 0.306 e. The quantitative estimate of drug-likeness (QED) is 0.0262. The molecule has 6 nitrogen and oxygen atoms in total. The highest BCUT2D eigenvalue weighted by atomic mass is 16.6. The number of esters is 3. The van der Waals surface area contributed by atoms with Crippen molar-refractivity contribution in [3.63, 3.8) is 0 Å². The molecule has 0 aromatic heterocycles. The Hall–Kier alpha value is -2.63. The van der Waals surface area contributed by atoms with Crippen LogP contribution >= 0.6 is 0 Å². The third-order valence-electron chi connectivity index (χ3n) is 11.8. The first-order valence-corrected chi connectivity index (χ1v) is 27.1. The SMILES string of the molecule is CCCC/C=C\CCCCCCCC(=O)OCC(COC(=O)CCCCCCCCC/C=C\C/C=C\CCCCCC)OC(=O)CCCCCCC/C=C\CCCCCCCCC. The minimum Gasteiger partial charge on any atom is -0.462 e. The molecular weight excluding hydrogens is 781 g/mol. The molecule has 0 radical (unpaired) electrons. The van der Waals surface area contributed by atoms with Gasteiger partial charge in [0.05, 0.1) is 0 Å². The van der Waals surface area contributed by atoms with Crippen molar-refractivity contribution in [3.05, 3.63) is 48.6 Å². The van der Waals surface area contributed by atoms with E-state index in [1.54, 1.807) is 0 Å². The van der Waals surface area contributed by atoms with Gasteiger partial charge in [-0.25, -0.2) is 0 Å². The van der Waals surface area contributed by atoms with Gasteiger partial charge in [-0.3, -0.25) is 14.4 Å². The first-order chi connectivity index (χ1) is 31.0. The lowest BCUT2D eigenvalue weighted by Gasteiger charge is -2.18. The molecule has 0 N–H and O–H groups in total. The second-order valence-electron chi connectivity index (χ2n) is 18.1. The average molecular weight is 883 g/mol. The largest absolute Gasteiger partial charge is 0.462 e. The van der Waals surface area contributed by atoms with Crippen molar-refractivity contribution in [2.24, 2.45) is 0 Å². The monoisotopic (exact) mass is 883 g/mol. The van der Waals surface area contributed by atoms with Crippen molar-refractivity contribution in [3.8, 4) is 0 Å². The number of allylic oxidation sites excluding steroid dienone is 8. The minimum atomic E-state index is -0.782. The van der Waals surface area contributed by atoms with Crippen LogP contribution in [0.3, 0.4) is 0 Å². The molecule has 0 fully saturated rings. The zero-order valence-electron chi connectivity index (χ0n) is 41.8. The molecule has 63 heavy (non-hydrogen) atoms. The first kappa shape index (κ1) is 60.4. The summed E-state index contributed by atoms with van der Waals surface area (Å²) >= 11 is 0. The van der Waals surface area contributed by atoms with E-state index in [1.807, 2.05) is 0 Å². The fraction of sp³-hybridized carbons (Fsp3) is 0.807. The fourth-order valence-corrected chi connectivity index (χ4v) is 7.62. The van der Waals surface area contributed by atoms with E-state index in [4.69, 9.17) is 14.2 Å². The summed E-state index contributed by atoms with van der Waals surface area (Å²) in [6.07, 6.45) is 62.4. The molecule has 0 spiro atoms. The number of rotatable bonds is 49. The Morgan fingerprint density at radius 1 is 0.317 bits per heavy atom. The van der Waals surface area contributed by atoms with E-state index in [2.05, 4.69) is 69.4 Å². The molecule has 0 aliphatic rings. The lowest BCUT2D eigenvalue weighted by molar-refractivity contribution is -0.167. The van der Waals surface area contributed by atoms with E-state index >= 15 is 0 Å². The first-order valence-electron chi connectivity index (χ1n) is 27.1. The highest BCUT2D eigenvalue weighted by Gasteiger charge is 2.19. The molecule has 366 valence electrons. The molecule has 0 aliphatic heterocycles. The maximum atomic E-state index is 12.8. The maximum Gasteiger partial charge on any atom is 0.306 e. The predicted octanol–water partition coefficient (Wildman–Crippen LogP) is 17.9. The molecule has 0 aromatic carbocycles. The second kappa shape index (κ2) is 52.0. The van der Waals surface area contributed by atoms with E-state index < -0.39 is 6.10 Å². The number of carbonyl (C=O) groups excluding carboxylic acids is 3. The molecule has 6 heteroatoms. The number of hydrogen-bond donors (Lipinski definition) is 0. The Labute approximate surface area is 390 Å². The summed E-state index contributed by atoms with van der Waals surface area (Å²) in [7, 11) is 0. The zero-order chi connectivity index (χ0) is 45.8. The Kier molecular flexibility index (Phi) is 49.8. The summed E-state index contributed by atoms with van der Waals surface area (Å²) in [6, 6.07) is 0. The molecule has 1 unspecified atom stereocenters. The Morgan fingerprint density at radius 2 is 0.587 bits per heavy atom. The van der Waals surface area contributed by atoms with Gasteiger partial charge in [0.15, 0.2) is 6.10 Å². The summed E-state index contributed by atoms with van der Waals surface area (Å²) in [4.78, 5) is 38.0.